The van der Waals surface area contributed by atoms with Crippen LogP contribution in [-0.4, -0.2) is 32.9 Å². The van der Waals surface area contributed by atoms with E-state index >= 15 is 0 Å². The van der Waals surface area contributed by atoms with Crippen molar-refractivity contribution < 1.29 is 8.42 Å². The molecule has 4 nitrogen and oxygen atoms in total. The summed E-state index contributed by atoms with van der Waals surface area (Å²) in [5.41, 5.74) is 1.10. The molecular formula is C15H24N2O2S. The molecular weight excluding hydrogens is 272 g/mol. The van der Waals surface area contributed by atoms with Crippen LogP contribution in [0.3, 0.4) is 0 Å². The van der Waals surface area contributed by atoms with Gasteiger partial charge in [-0.1, -0.05) is 26.0 Å². The summed E-state index contributed by atoms with van der Waals surface area (Å²) in [7, 11) is -1.67. The predicted molar refractivity (Wildman–Crippen MR) is 80.9 cm³/mol. The molecule has 0 aromatic heterocycles. The minimum absolute atomic E-state index is 0.383. The monoisotopic (exact) mass is 296 g/mol. The minimum atomic E-state index is -3.34. The molecule has 0 amide bonds. The zero-order valence-electron chi connectivity index (χ0n) is 12.5. The van der Waals surface area contributed by atoms with Crippen molar-refractivity contribution in [1.82, 2.24) is 9.62 Å². The summed E-state index contributed by atoms with van der Waals surface area (Å²) in [6, 6.07) is 7.16. The van der Waals surface area contributed by atoms with E-state index < -0.39 is 10.0 Å². The molecule has 1 N–H and O–H groups in total. The number of nitrogens with one attached hydrogen (secondary N) is 1. The van der Waals surface area contributed by atoms with Crippen molar-refractivity contribution in [2.75, 3.05) is 20.1 Å². The molecule has 0 bridgehead atoms. The van der Waals surface area contributed by atoms with Gasteiger partial charge in [-0.15, -0.1) is 0 Å². The Balaban J connectivity index is 2.04. The molecule has 2 atom stereocenters. The summed E-state index contributed by atoms with van der Waals surface area (Å²) in [6.45, 7) is 6.52. The van der Waals surface area contributed by atoms with Crippen LogP contribution >= 0.6 is 0 Å². The van der Waals surface area contributed by atoms with Gasteiger partial charge < -0.3 is 5.32 Å². The maximum absolute atomic E-state index is 12.4. The van der Waals surface area contributed by atoms with E-state index in [-0.39, 0.29) is 0 Å². The van der Waals surface area contributed by atoms with Gasteiger partial charge in [-0.05, 0) is 42.5 Å². The van der Waals surface area contributed by atoms with Crippen molar-refractivity contribution in [1.29, 1.82) is 0 Å². The van der Waals surface area contributed by atoms with Gasteiger partial charge in [0.15, 0.2) is 0 Å². The Bertz CT molecular complexity index is 539. The van der Waals surface area contributed by atoms with E-state index in [4.69, 9.17) is 0 Å². The first-order valence-electron chi connectivity index (χ1n) is 7.21. The lowest BCUT2D eigenvalue weighted by molar-refractivity contribution is 0.444. The fraction of sp³-hybridized carbons (Fsp3) is 0.600. The van der Waals surface area contributed by atoms with Gasteiger partial charge in [0.05, 0.1) is 4.90 Å². The highest BCUT2D eigenvalue weighted by Crippen LogP contribution is 2.38. The van der Waals surface area contributed by atoms with Gasteiger partial charge in [-0.25, -0.2) is 12.7 Å². The Kier molecular flexibility index (Phi) is 4.83. The number of rotatable bonds is 7. The molecule has 0 aliphatic heterocycles. The molecule has 1 aliphatic rings. The molecule has 0 saturated heterocycles. The van der Waals surface area contributed by atoms with E-state index in [2.05, 4.69) is 12.2 Å². The largest absolute Gasteiger partial charge is 0.313 e. The van der Waals surface area contributed by atoms with E-state index in [1.54, 1.807) is 19.2 Å². The lowest BCUT2D eigenvalue weighted by Gasteiger charge is -2.17. The van der Waals surface area contributed by atoms with Crippen LogP contribution in [-0.2, 0) is 16.6 Å². The molecule has 0 heterocycles. The highest BCUT2D eigenvalue weighted by atomic mass is 32.2. The highest BCUT2D eigenvalue weighted by Gasteiger charge is 2.36. The van der Waals surface area contributed by atoms with Crippen LogP contribution in [0.25, 0.3) is 0 Å². The van der Waals surface area contributed by atoms with Gasteiger partial charge in [0.1, 0.15) is 0 Å². The van der Waals surface area contributed by atoms with Crippen molar-refractivity contribution in [2.24, 2.45) is 11.8 Å². The summed E-state index contributed by atoms with van der Waals surface area (Å²) < 4.78 is 26.4. The van der Waals surface area contributed by atoms with Crippen LogP contribution in [0.2, 0.25) is 0 Å². The number of nitrogens with zero attached hydrogens (tertiary/aromatic N) is 1. The molecule has 2 unspecified atom stereocenters. The zero-order chi connectivity index (χ0) is 14.8. The SMILES string of the molecule is CCNCc1ccc(S(=O)(=O)N(C)CC2CC2C)cc1. The van der Waals surface area contributed by atoms with Crippen LogP contribution in [0, 0.1) is 11.8 Å². The highest BCUT2D eigenvalue weighted by molar-refractivity contribution is 7.89. The molecule has 20 heavy (non-hydrogen) atoms. The van der Waals surface area contributed by atoms with Crippen LogP contribution < -0.4 is 5.32 Å². The summed E-state index contributed by atoms with van der Waals surface area (Å²) in [5.74, 6) is 1.19. The van der Waals surface area contributed by atoms with Crippen LogP contribution in [0.1, 0.15) is 25.8 Å². The normalized spacial score (nSPS) is 22.2. The first kappa shape index (κ1) is 15.5. The third-order valence-electron chi connectivity index (χ3n) is 3.98. The molecule has 1 fully saturated rings. The third-order valence-corrected chi connectivity index (χ3v) is 5.82. The molecule has 2 rings (SSSR count). The van der Waals surface area contributed by atoms with E-state index in [9.17, 15) is 8.42 Å². The van der Waals surface area contributed by atoms with Gasteiger partial charge in [0, 0.05) is 20.1 Å². The minimum Gasteiger partial charge on any atom is -0.313 e. The lowest BCUT2D eigenvalue weighted by atomic mass is 10.2. The Labute approximate surface area is 122 Å². The number of sulfonamides is 1. The first-order valence-corrected chi connectivity index (χ1v) is 8.65. The lowest BCUT2D eigenvalue weighted by Crippen LogP contribution is -2.29. The Hall–Kier alpha value is -0.910. The maximum Gasteiger partial charge on any atom is 0.242 e. The second-order valence-corrected chi connectivity index (χ2v) is 7.73. The Morgan fingerprint density at radius 3 is 2.40 bits per heavy atom. The second kappa shape index (κ2) is 6.24. The van der Waals surface area contributed by atoms with E-state index in [1.807, 2.05) is 19.1 Å². The number of hydrogen-bond acceptors (Lipinski definition) is 3. The quantitative estimate of drug-likeness (QED) is 0.838. The van der Waals surface area contributed by atoms with E-state index in [0.29, 0.717) is 23.3 Å². The predicted octanol–water partition coefficient (Wildman–Crippen LogP) is 2.07. The zero-order valence-corrected chi connectivity index (χ0v) is 13.3. The average Bonchev–Trinajstić information content (AvgIpc) is 3.12. The van der Waals surface area contributed by atoms with Crippen LogP contribution in [0.15, 0.2) is 29.2 Å². The molecule has 5 heteroatoms. The van der Waals surface area contributed by atoms with E-state index in [0.717, 1.165) is 25.1 Å². The summed E-state index contributed by atoms with van der Waals surface area (Å²) in [6.07, 6.45) is 1.14. The Morgan fingerprint density at radius 1 is 1.30 bits per heavy atom. The summed E-state index contributed by atoms with van der Waals surface area (Å²) in [4.78, 5) is 0.383. The smallest absolute Gasteiger partial charge is 0.242 e. The van der Waals surface area contributed by atoms with E-state index in [1.165, 1.54) is 4.31 Å². The Morgan fingerprint density at radius 2 is 1.90 bits per heavy atom. The first-order chi connectivity index (χ1) is 9.45. The number of benzene rings is 1. The average molecular weight is 296 g/mol. The van der Waals surface area contributed by atoms with Crippen molar-refractivity contribution >= 4 is 10.0 Å². The van der Waals surface area contributed by atoms with Gasteiger partial charge >= 0.3 is 0 Å². The molecule has 112 valence electrons. The van der Waals surface area contributed by atoms with Gasteiger partial charge in [-0.2, -0.15) is 0 Å². The van der Waals surface area contributed by atoms with Crippen LogP contribution in [0.5, 0.6) is 0 Å². The van der Waals surface area contributed by atoms with Gasteiger partial charge in [0.2, 0.25) is 10.0 Å². The standard InChI is InChI=1S/C15H24N2O2S/c1-4-16-10-13-5-7-15(8-6-13)20(18,19)17(3)11-14-9-12(14)2/h5-8,12,14,16H,4,9-11H2,1-3H3. The summed E-state index contributed by atoms with van der Waals surface area (Å²) >= 11 is 0. The summed E-state index contributed by atoms with van der Waals surface area (Å²) in [5, 5.41) is 3.22. The van der Waals surface area contributed by atoms with Crippen molar-refractivity contribution in [3.8, 4) is 0 Å². The van der Waals surface area contributed by atoms with Gasteiger partial charge in [0.25, 0.3) is 0 Å². The molecule has 1 aromatic carbocycles. The molecule has 1 aliphatic carbocycles. The number of hydrogen-bond donors (Lipinski definition) is 1. The second-order valence-electron chi connectivity index (χ2n) is 5.68. The van der Waals surface area contributed by atoms with Crippen LogP contribution in [0.4, 0.5) is 0 Å². The fourth-order valence-electron chi connectivity index (χ4n) is 2.31. The van der Waals surface area contributed by atoms with Crippen molar-refractivity contribution in [2.45, 2.75) is 31.7 Å². The maximum atomic E-state index is 12.4. The fourth-order valence-corrected chi connectivity index (χ4v) is 3.54. The third kappa shape index (κ3) is 3.59. The van der Waals surface area contributed by atoms with Crippen molar-refractivity contribution in [3.05, 3.63) is 29.8 Å². The molecule has 1 aromatic rings. The molecule has 0 spiro atoms. The van der Waals surface area contributed by atoms with Crippen molar-refractivity contribution in [3.63, 3.8) is 0 Å². The molecule has 0 radical (unpaired) electrons. The topological polar surface area (TPSA) is 49.4 Å². The molecule has 1 saturated carbocycles. The van der Waals surface area contributed by atoms with Gasteiger partial charge in [-0.3, -0.25) is 0 Å².